The van der Waals surface area contributed by atoms with Crippen molar-refractivity contribution in [1.82, 2.24) is 0 Å². The average Bonchev–Trinajstić information content (AvgIpc) is 3.07. The van der Waals surface area contributed by atoms with Gasteiger partial charge < -0.3 is 15.1 Å². The van der Waals surface area contributed by atoms with Crippen molar-refractivity contribution in [3.05, 3.63) is 95.8 Å². The Labute approximate surface area is 164 Å². The maximum absolute atomic E-state index is 14.0. The Bertz CT molecular complexity index is 1200. The second-order valence-corrected chi connectivity index (χ2v) is 6.17. The van der Waals surface area contributed by atoms with Gasteiger partial charge in [-0.25, -0.2) is 8.78 Å². The van der Waals surface area contributed by atoms with Gasteiger partial charge in [-0.2, -0.15) is 0 Å². The monoisotopic (exact) mass is 392 g/mol. The van der Waals surface area contributed by atoms with Crippen LogP contribution in [0.25, 0.3) is 11.0 Å². The van der Waals surface area contributed by atoms with E-state index < -0.39 is 29.0 Å². The molecule has 2 N–H and O–H groups in total. The quantitative estimate of drug-likeness (QED) is 0.500. The second kappa shape index (κ2) is 7.55. The van der Waals surface area contributed by atoms with E-state index in [0.29, 0.717) is 16.7 Å². The molecule has 5 nitrogen and oxygen atoms in total. The number of hydrogen-bond donors (Lipinski definition) is 2. The van der Waals surface area contributed by atoms with Gasteiger partial charge >= 0.3 is 0 Å². The Balaban J connectivity index is 1.74. The van der Waals surface area contributed by atoms with Gasteiger partial charge in [0.05, 0.1) is 0 Å². The summed E-state index contributed by atoms with van der Waals surface area (Å²) >= 11 is 0. The first-order chi connectivity index (χ1) is 14.0. The number of amides is 2. The molecule has 0 aliphatic carbocycles. The maximum atomic E-state index is 14.0. The van der Waals surface area contributed by atoms with E-state index in [1.165, 1.54) is 0 Å². The smallest absolute Gasteiger partial charge is 0.293 e. The van der Waals surface area contributed by atoms with Crippen LogP contribution in [0.4, 0.5) is 20.2 Å². The van der Waals surface area contributed by atoms with Crippen LogP contribution in [0.15, 0.2) is 77.2 Å². The molecule has 1 heterocycles. The van der Waals surface area contributed by atoms with Crippen LogP contribution in [-0.2, 0) is 0 Å². The predicted octanol–water partition coefficient (Wildman–Crippen LogP) is 5.22. The second-order valence-electron chi connectivity index (χ2n) is 6.17. The van der Waals surface area contributed by atoms with Gasteiger partial charge in [0.2, 0.25) is 5.76 Å². The fraction of sp³-hybridized carbons (Fsp3) is 0. The summed E-state index contributed by atoms with van der Waals surface area (Å²) in [6.07, 6.45) is 0. The highest BCUT2D eigenvalue weighted by Crippen LogP contribution is 2.32. The van der Waals surface area contributed by atoms with Gasteiger partial charge in [0, 0.05) is 11.1 Å². The van der Waals surface area contributed by atoms with E-state index in [4.69, 9.17) is 4.42 Å². The average molecular weight is 392 g/mol. The van der Waals surface area contributed by atoms with E-state index in [0.717, 1.165) is 18.2 Å². The zero-order chi connectivity index (χ0) is 20.4. The summed E-state index contributed by atoms with van der Waals surface area (Å²) in [5.41, 5.74) is 0.152. The zero-order valence-corrected chi connectivity index (χ0v) is 14.9. The zero-order valence-electron chi connectivity index (χ0n) is 14.9. The van der Waals surface area contributed by atoms with E-state index in [2.05, 4.69) is 10.6 Å². The largest absolute Gasteiger partial charge is 0.449 e. The summed E-state index contributed by atoms with van der Waals surface area (Å²) in [6, 6.07) is 18.4. The van der Waals surface area contributed by atoms with Crippen LogP contribution >= 0.6 is 0 Å². The van der Waals surface area contributed by atoms with Crippen LogP contribution < -0.4 is 10.6 Å². The molecule has 0 spiro atoms. The Kier molecular flexibility index (Phi) is 4.78. The molecule has 0 aliphatic heterocycles. The number of nitrogens with one attached hydrogen (secondary N) is 2. The molecule has 1 aromatic heterocycles. The first-order valence-electron chi connectivity index (χ1n) is 8.68. The number of rotatable bonds is 4. The Morgan fingerprint density at radius 2 is 1.38 bits per heavy atom. The van der Waals surface area contributed by atoms with E-state index in [1.807, 2.05) is 0 Å². The molecule has 4 aromatic rings. The minimum Gasteiger partial charge on any atom is -0.449 e. The molecular weight excluding hydrogens is 378 g/mol. The molecule has 0 saturated carbocycles. The minimum absolute atomic E-state index is 0.0293. The molecule has 4 rings (SSSR count). The lowest BCUT2D eigenvalue weighted by molar-refractivity contribution is 0.0999. The standard InChI is InChI=1S/C22H14F2N2O3/c23-15-10-6-11-16(24)18(15)21(27)26-19-14-9-4-5-12-17(14)29-20(19)22(28)25-13-7-2-1-3-8-13/h1-12H,(H,25,28)(H,26,27). The van der Waals surface area contributed by atoms with Crippen LogP contribution in [0.5, 0.6) is 0 Å². The molecule has 0 radical (unpaired) electrons. The minimum atomic E-state index is -1.03. The van der Waals surface area contributed by atoms with Crippen molar-refractivity contribution in [2.24, 2.45) is 0 Å². The number of fused-ring (bicyclic) bond motifs is 1. The highest BCUT2D eigenvalue weighted by atomic mass is 19.1. The van der Waals surface area contributed by atoms with Gasteiger partial charge in [0.15, 0.2) is 0 Å². The third kappa shape index (κ3) is 3.58. The summed E-state index contributed by atoms with van der Waals surface area (Å²) in [4.78, 5) is 25.3. The number of anilines is 2. The molecule has 0 aliphatic rings. The van der Waals surface area contributed by atoms with E-state index in [9.17, 15) is 18.4 Å². The fourth-order valence-electron chi connectivity index (χ4n) is 2.93. The molecular formula is C22H14F2N2O3. The molecule has 0 unspecified atom stereocenters. The molecule has 0 saturated heterocycles. The molecule has 0 fully saturated rings. The van der Waals surface area contributed by atoms with Gasteiger partial charge in [-0.3, -0.25) is 9.59 Å². The van der Waals surface area contributed by atoms with Gasteiger partial charge in [0.1, 0.15) is 28.5 Å². The van der Waals surface area contributed by atoms with Crippen LogP contribution in [0.3, 0.4) is 0 Å². The third-order valence-electron chi connectivity index (χ3n) is 4.26. The van der Waals surface area contributed by atoms with Crippen molar-refractivity contribution < 1.29 is 22.8 Å². The first-order valence-corrected chi connectivity index (χ1v) is 8.68. The van der Waals surface area contributed by atoms with E-state index in [-0.39, 0.29) is 11.4 Å². The number of halogens is 2. The summed E-state index contributed by atoms with van der Waals surface area (Å²) in [7, 11) is 0. The molecule has 144 valence electrons. The van der Waals surface area contributed by atoms with Crippen molar-refractivity contribution in [1.29, 1.82) is 0 Å². The van der Waals surface area contributed by atoms with Gasteiger partial charge in [0.25, 0.3) is 11.8 Å². The topological polar surface area (TPSA) is 71.3 Å². The van der Waals surface area contributed by atoms with Gasteiger partial charge in [-0.1, -0.05) is 36.4 Å². The molecule has 0 bridgehead atoms. The highest BCUT2D eigenvalue weighted by Gasteiger charge is 2.25. The maximum Gasteiger partial charge on any atom is 0.293 e. The predicted molar refractivity (Wildman–Crippen MR) is 105 cm³/mol. The number of benzene rings is 3. The summed E-state index contributed by atoms with van der Waals surface area (Å²) in [5, 5.41) is 5.51. The Morgan fingerprint density at radius 1 is 0.724 bits per heavy atom. The highest BCUT2D eigenvalue weighted by molar-refractivity contribution is 6.17. The first kappa shape index (κ1) is 18.4. The van der Waals surface area contributed by atoms with Crippen molar-refractivity contribution in [3.63, 3.8) is 0 Å². The van der Waals surface area contributed by atoms with Crippen LogP contribution in [0.2, 0.25) is 0 Å². The number of hydrogen-bond acceptors (Lipinski definition) is 3. The lowest BCUT2D eigenvalue weighted by atomic mass is 10.1. The molecule has 2 amide bonds. The molecule has 7 heteroatoms. The molecule has 29 heavy (non-hydrogen) atoms. The summed E-state index contributed by atoms with van der Waals surface area (Å²) < 4.78 is 33.6. The van der Waals surface area contributed by atoms with E-state index >= 15 is 0 Å². The molecule has 3 aromatic carbocycles. The Hall–Kier alpha value is -4.00. The SMILES string of the molecule is O=C(Nc1ccccc1)c1oc2ccccc2c1NC(=O)c1c(F)cccc1F. The van der Waals surface area contributed by atoms with Crippen molar-refractivity contribution in [2.75, 3.05) is 10.6 Å². The normalized spacial score (nSPS) is 10.7. The van der Waals surface area contributed by atoms with Crippen molar-refractivity contribution in [2.45, 2.75) is 0 Å². The summed E-state index contributed by atoms with van der Waals surface area (Å²) in [5.74, 6) is -3.84. The third-order valence-corrected chi connectivity index (χ3v) is 4.26. The fourth-order valence-corrected chi connectivity index (χ4v) is 2.93. The Morgan fingerprint density at radius 3 is 2.10 bits per heavy atom. The van der Waals surface area contributed by atoms with E-state index in [1.54, 1.807) is 54.6 Å². The lowest BCUT2D eigenvalue weighted by Crippen LogP contribution is -2.19. The summed E-state index contributed by atoms with van der Waals surface area (Å²) in [6.45, 7) is 0. The number of furan rings is 1. The number of carbonyl (C=O) groups is 2. The van der Waals surface area contributed by atoms with Gasteiger partial charge in [-0.05, 0) is 36.4 Å². The van der Waals surface area contributed by atoms with Crippen LogP contribution in [0, 0.1) is 11.6 Å². The van der Waals surface area contributed by atoms with Crippen molar-refractivity contribution in [3.8, 4) is 0 Å². The van der Waals surface area contributed by atoms with Crippen LogP contribution in [0.1, 0.15) is 20.9 Å². The van der Waals surface area contributed by atoms with Gasteiger partial charge in [-0.15, -0.1) is 0 Å². The van der Waals surface area contributed by atoms with Crippen molar-refractivity contribution >= 4 is 34.2 Å². The lowest BCUT2D eigenvalue weighted by Gasteiger charge is -2.08. The molecule has 0 atom stereocenters. The number of para-hydroxylation sites is 2. The van der Waals surface area contributed by atoms with Crippen LogP contribution in [-0.4, -0.2) is 11.8 Å². The number of carbonyl (C=O) groups excluding carboxylic acids is 2.